The molecular formula is C10H16F3N3. The fraction of sp³-hybridized carbons (Fsp3) is 0.700. The first-order chi connectivity index (χ1) is 7.42. The first kappa shape index (κ1) is 13.0. The van der Waals surface area contributed by atoms with Crippen LogP contribution in [0.1, 0.15) is 30.9 Å². The molecule has 1 heterocycles. The van der Waals surface area contributed by atoms with Crippen molar-refractivity contribution in [2.75, 3.05) is 7.05 Å². The number of nitrogens with zero attached hydrogens (tertiary/aromatic N) is 2. The van der Waals surface area contributed by atoms with Gasteiger partial charge in [-0.15, -0.1) is 0 Å². The third-order valence-electron chi connectivity index (χ3n) is 2.43. The van der Waals surface area contributed by atoms with Crippen LogP contribution < -0.4 is 5.32 Å². The third kappa shape index (κ3) is 4.22. The fourth-order valence-electron chi connectivity index (χ4n) is 1.60. The molecule has 0 bridgehead atoms. The van der Waals surface area contributed by atoms with Crippen molar-refractivity contribution in [1.82, 2.24) is 15.1 Å². The second kappa shape index (κ2) is 5.34. The maximum atomic E-state index is 12.0. The van der Waals surface area contributed by atoms with E-state index in [-0.39, 0.29) is 12.5 Å². The minimum atomic E-state index is -4.06. The Morgan fingerprint density at radius 2 is 2.19 bits per heavy atom. The maximum Gasteiger partial charge on any atom is 0.389 e. The van der Waals surface area contributed by atoms with Crippen LogP contribution in [0.25, 0.3) is 0 Å². The van der Waals surface area contributed by atoms with Crippen LogP contribution in [0.15, 0.2) is 12.4 Å². The second-order valence-electron chi connectivity index (χ2n) is 3.80. The van der Waals surface area contributed by atoms with Crippen LogP contribution in [0.3, 0.4) is 0 Å². The molecule has 1 unspecified atom stereocenters. The van der Waals surface area contributed by atoms with Crippen LogP contribution in [-0.2, 0) is 7.05 Å². The van der Waals surface area contributed by atoms with Gasteiger partial charge in [0.25, 0.3) is 0 Å². The summed E-state index contributed by atoms with van der Waals surface area (Å²) >= 11 is 0. The second-order valence-corrected chi connectivity index (χ2v) is 3.80. The quantitative estimate of drug-likeness (QED) is 0.849. The SMILES string of the molecule is CNC(CCCC(F)(F)F)c1cnn(C)c1. The van der Waals surface area contributed by atoms with Crippen LogP contribution in [0.4, 0.5) is 13.2 Å². The van der Waals surface area contributed by atoms with E-state index in [0.29, 0.717) is 6.42 Å². The van der Waals surface area contributed by atoms with Crippen molar-refractivity contribution in [3.8, 4) is 0 Å². The molecule has 0 aliphatic carbocycles. The molecular weight excluding hydrogens is 219 g/mol. The van der Waals surface area contributed by atoms with Gasteiger partial charge in [-0.25, -0.2) is 0 Å². The maximum absolute atomic E-state index is 12.0. The Morgan fingerprint density at radius 1 is 1.50 bits per heavy atom. The van der Waals surface area contributed by atoms with Crippen molar-refractivity contribution in [2.45, 2.75) is 31.5 Å². The van der Waals surface area contributed by atoms with Crippen molar-refractivity contribution in [1.29, 1.82) is 0 Å². The lowest BCUT2D eigenvalue weighted by Gasteiger charge is -2.14. The largest absolute Gasteiger partial charge is 0.389 e. The minimum Gasteiger partial charge on any atom is -0.313 e. The summed E-state index contributed by atoms with van der Waals surface area (Å²) in [5.74, 6) is 0. The highest BCUT2D eigenvalue weighted by atomic mass is 19.4. The van der Waals surface area contributed by atoms with Gasteiger partial charge >= 0.3 is 6.18 Å². The van der Waals surface area contributed by atoms with Crippen LogP contribution in [0, 0.1) is 0 Å². The Labute approximate surface area is 92.6 Å². The van der Waals surface area contributed by atoms with E-state index in [2.05, 4.69) is 10.4 Å². The van der Waals surface area contributed by atoms with Crippen molar-refractivity contribution >= 4 is 0 Å². The smallest absolute Gasteiger partial charge is 0.313 e. The number of aryl methyl sites for hydroxylation is 1. The van der Waals surface area contributed by atoms with E-state index in [1.165, 1.54) is 0 Å². The third-order valence-corrected chi connectivity index (χ3v) is 2.43. The van der Waals surface area contributed by atoms with Gasteiger partial charge in [-0.2, -0.15) is 18.3 Å². The van der Waals surface area contributed by atoms with E-state index in [1.54, 1.807) is 25.0 Å². The van der Waals surface area contributed by atoms with Crippen molar-refractivity contribution < 1.29 is 13.2 Å². The lowest BCUT2D eigenvalue weighted by Crippen LogP contribution is -2.17. The highest BCUT2D eigenvalue weighted by molar-refractivity contribution is 5.09. The molecule has 16 heavy (non-hydrogen) atoms. The number of rotatable bonds is 5. The van der Waals surface area contributed by atoms with E-state index in [4.69, 9.17) is 0 Å². The fourth-order valence-corrected chi connectivity index (χ4v) is 1.60. The standard InChI is InChI=1S/C10H16F3N3/c1-14-9(4-3-5-10(11,12)13)8-6-15-16(2)7-8/h6-7,9,14H,3-5H2,1-2H3. The molecule has 1 aromatic heterocycles. The molecule has 0 radical (unpaired) electrons. The normalized spacial score (nSPS) is 14.1. The minimum absolute atomic E-state index is 0.0592. The van der Waals surface area contributed by atoms with Gasteiger partial charge in [-0.3, -0.25) is 4.68 Å². The zero-order chi connectivity index (χ0) is 12.2. The van der Waals surface area contributed by atoms with E-state index in [9.17, 15) is 13.2 Å². The number of alkyl halides is 3. The van der Waals surface area contributed by atoms with E-state index in [0.717, 1.165) is 5.56 Å². The lowest BCUT2D eigenvalue weighted by atomic mass is 10.0. The number of nitrogens with one attached hydrogen (secondary N) is 1. The van der Waals surface area contributed by atoms with Gasteiger partial charge in [0.15, 0.2) is 0 Å². The van der Waals surface area contributed by atoms with Gasteiger partial charge in [-0.1, -0.05) is 0 Å². The lowest BCUT2D eigenvalue weighted by molar-refractivity contribution is -0.135. The molecule has 0 saturated carbocycles. The predicted molar refractivity (Wildman–Crippen MR) is 54.9 cm³/mol. The predicted octanol–water partition coefficient (Wildman–Crippen LogP) is 2.41. The van der Waals surface area contributed by atoms with E-state index >= 15 is 0 Å². The molecule has 0 spiro atoms. The summed E-state index contributed by atoms with van der Waals surface area (Å²) in [6.45, 7) is 0. The van der Waals surface area contributed by atoms with Gasteiger partial charge in [0.2, 0.25) is 0 Å². The summed E-state index contributed by atoms with van der Waals surface area (Å²) in [5, 5.41) is 6.99. The van der Waals surface area contributed by atoms with Crippen LogP contribution in [0.2, 0.25) is 0 Å². The molecule has 0 amide bonds. The topological polar surface area (TPSA) is 29.9 Å². The van der Waals surface area contributed by atoms with Crippen molar-refractivity contribution in [2.24, 2.45) is 7.05 Å². The highest BCUT2D eigenvalue weighted by Gasteiger charge is 2.26. The zero-order valence-corrected chi connectivity index (χ0v) is 9.38. The molecule has 0 aromatic carbocycles. The summed E-state index contributed by atoms with van der Waals surface area (Å²) < 4.78 is 37.6. The summed E-state index contributed by atoms with van der Waals surface area (Å²) in [5.41, 5.74) is 0.923. The van der Waals surface area contributed by atoms with Gasteiger partial charge in [-0.05, 0) is 19.9 Å². The van der Waals surface area contributed by atoms with Gasteiger partial charge < -0.3 is 5.32 Å². The molecule has 1 aromatic rings. The molecule has 92 valence electrons. The number of hydrogen-bond donors (Lipinski definition) is 1. The Kier molecular flexibility index (Phi) is 4.35. The van der Waals surface area contributed by atoms with Crippen LogP contribution >= 0.6 is 0 Å². The zero-order valence-electron chi connectivity index (χ0n) is 9.38. The van der Waals surface area contributed by atoms with Crippen LogP contribution in [0.5, 0.6) is 0 Å². The summed E-state index contributed by atoms with van der Waals surface area (Å²) in [4.78, 5) is 0. The Balaban J connectivity index is 2.44. The molecule has 0 aliphatic rings. The molecule has 1 atom stereocenters. The molecule has 6 heteroatoms. The van der Waals surface area contributed by atoms with Crippen LogP contribution in [-0.4, -0.2) is 23.0 Å². The number of aromatic nitrogens is 2. The molecule has 0 aliphatic heterocycles. The molecule has 3 nitrogen and oxygen atoms in total. The van der Waals surface area contributed by atoms with E-state index in [1.807, 2.05) is 6.20 Å². The average Bonchev–Trinajstić information content (AvgIpc) is 2.58. The Morgan fingerprint density at radius 3 is 2.62 bits per heavy atom. The summed E-state index contributed by atoms with van der Waals surface area (Å²) in [7, 11) is 3.52. The molecule has 0 fully saturated rings. The summed E-state index contributed by atoms with van der Waals surface area (Å²) in [6.07, 6.45) is -0.714. The van der Waals surface area contributed by atoms with Crippen molar-refractivity contribution in [3.05, 3.63) is 18.0 Å². The average molecular weight is 235 g/mol. The Hall–Kier alpha value is -1.04. The molecule has 0 saturated heterocycles. The monoisotopic (exact) mass is 235 g/mol. The Bertz CT molecular complexity index is 319. The number of halogens is 3. The van der Waals surface area contributed by atoms with Gasteiger partial charge in [0.05, 0.1) is 6.20 Å². The molecule has 1 N–H and O–H groups in total. The van der Waals surface area contributed by atoms with E-state index < -0.39 is 12.6 Å². The van der Waals surface area contributed by atoms with Gasteiger partial charge in [0.1, 0.15) is 0 Å². The van der Waals surface area contributed by atoms with Gasteiger partial charge in [0, 0.05) is 31.3 Å². The summed E-state index contributed by atoms with van der Waals surface area (Å²) in [6, 6.07) is -0.0592. The van der Waals surface area contributed by atoms with Crippen molar-refractivity contribution in [3.63, 3.8) is 0 Å². The molecule has 1 rings (SSSR count). The first-order valence-corrected chi connectivity index (χ1v) is 5.15. The highest BCUT2D eigenvalue weighted by Crippen LogP contribution is 2.25. The number of hydrogen-bond acceptors (Lipinski definition) is 2. The first-order valence-electron chi connectivity index (χ1n) is 5.15.